The molecule has 0 atom stereocenters. The summed E-state index contributed by atoms with van der Waals surface area (Å²) in [4.78, 5) is 0. The molecule has 24 heavy (non-hydrogen) atoms. The van der Waals surface area contributed by atoms with E-state index in [9.17, 15) is 8.78 Å². The topological polar surface area (TPSA) is 39.7 Å². The molecule has 2 aromatic carbocycles. The summed E-state index contributed by atoms with van der Waals surface area (Å²) < 4.78 is 39.4. The molecule has 1 aliphatic heterocycles. The Kier molecular flexibility index (Phi) is 4.57. The van der Waals surface area contributed by atoms with Crippen molar-refractivity contribution in [2.75, 3.05) is 6.79 Å². The third kappa shape index (κ3) is 3.76. The van der Waals surface area contributed by atoms with Crippen molar-refractivity contribution >= 4 is 0 Å². The number of halogens is 2. The van der Waals surface area contributed by atoms with Gasteiger partial charge in [0, 0.05) is 12.1 Å². The van der Waals surface area contributed by atoms with Gasteiger partial charge >= 0.3 is 6.61 Å². The largest absolute Gasteiger partial charge is 0.454 e. The Morgan fingerprint density at radius 3 is 2.50 bits per heavy atom. The van der Waals surface area contributed by atoms with Gasteiger partial charge in [-0.25, -0.2) is 0 Å². The highest BCUT2D eigenvalue weighted by Crippen LogP contribution is 2.35. The normalized spacial score (nSPS) is 13.4. The first-order valence-electron chi connectivity index (χ1n) is 7.63. The van der Waals surface area contributed by atoms with Crippen LogP contribution in [0.25, 0.3) is 0 Å². The molecule has 0 radical (unpaired) electrons. The molecule has 1 aliphatic rings. The maximum atomic E-state index is 12.2. The fraction of sp³-hybridized carbons (Fsp3) is 0.333. The lowest BCUT2D eigenvalue weighted by atomic mass is 9.93. The van der Waals surface area contributed by atoms with Crippen LogP contribution in [0.4, 0.5) is 8.78 Å². The summed E-state index contributed by atoms with van der Waals surface area (Å²) in [5, 5.41) is 3.46. The summed E-state index contributed by atoms with van der Waals surface area (Å²) in [7, 11) is 0. The van der Waals surface area contributed by atoms with E-state index in [0.29, 0.717) is 6.54 Å². The van der Waals surface area contributed by atoms with Gasteiger partial charge in [0.15, 0.2) is 11.5 Å². The van der Waals surface area contributed by atoms with Gasteiger partial charge in [0.05, 0.1) is 0 Å². The molecule has 6 heteroatoms. The molecule has 0 bridgehead atoms. The van der Waals surface area contributed by atoms with Gasteiger partial charge in [-0.15, -0.1) is 0 Å². The summed E-state index contributed by atoms with van der Waals surface area (Å²) in [6, 6.07) is 12.5. The number of hydrogen-bond donors (Lipinski definition) is 1. The van der Waals surface area contributed by atoms with E-state index in [4.69, 9.17) is 9.47 Å². The molecule has 0 spiro atoms. The molecule has 0 aliphatic carbocycles. The van der Waals surface area contributed by atoms with Gasteiger partial charge in [0.2, 0.25) is 6.79 Å². The molecule has 1 heterocycles. The molecule has 0 fully saturated rings. The third-order valence-electron chi connectivity index (χ3n) is 3.98. The second-order valence-electron chi connectivity index (χ2n) is 6.07. The van der Waals surface area contributed by atoms with Gasteiger partial charge < -0.3 is 19.5 Å². The lowest BCUT2D eigenvalue weighted by Crippen LogP contribution is -2.35. The van der Waals surface area contributed by atoms with Crippen LogP contribution in [0.3, 0.4) is 0 Å². The van der Waals surface area contributed by atoms with Gasteiger partial charge in [-0.3, -0.25) is 0 Å². The molecule has 2 aromatic rings. The zero-order chi connectivity index (χ0) is 17.2. The van der Waals surface area contributed by atoms with Crippen LogP contribution in [0.2, 0.25) is 0 Å². The molecule has 0 aromatic heterocycles. The second kappa shape index (κ2) is 6.65. The van der Waals surface area contributed by atoms with Crippen LogP contribution in [0.5, 0.6) is 17.2 Å². The standard InChI is InChI=1S/C18H19F2NO3/c1-18(2,13-5-8-15-16(9-13)23-11-22-15)21-10-12-3-6-14(7-4-12)24-17(19)20/h3-9,17,21H,10-11H2,1-2H3. The number of rotatable bonds is 6. The first-order valence-corrected chi connectivity index (χ1v) is 7.63. The minimum atomic E-state index is -2.81. The molecular formula is C18H19F2NO3. The lowest BCUT2D eigenvalue weighted by molar-refractivity contribution is -0.0498. The first-order chi connectivity index (χ1) is 11.4. The van der Waals surface area contributed by atoms with Crippen molar-refractivity contribution in [2.45, 2.75) is 32.5 Å². The Balaban J connectivity index is 1.64. The van der Waals surface area contributed by atoms with E-state index in [1.54, 1.807) is 12.1 Å². The highest BCUT2D eigenvalue weighted by atomic mass is 19.3. The summed E-state index contributed by atoms with van der Waals surface area (Å²) in [5.41, 5.74) is 1.76. The molecule has 0 amide bonds. The highest BCUT2D eigenvalue weighted by Gasteiger charge is 2.23. The van der Waals surface area contributed by atoms with Crippen LogP contribution in [0.15, 0.2) is 42.5 Å². The number of hydrogen-bond acceptors (Lipinski definition) is 4. The van der Waals surface area contributed by atoms with E-state index in [1.807, 2.05) is 18.2 Å². The molecule has 0 saturated heterocycles. The van der Waals surface area contributed by atoms with E-state index < -0.39 is 6.61 Å². The van der Waals surface area contributed by atoms with Crippen molar-refractivity contribution in [3.8, 4) is 17.2 Å². The quantitative estimate of drug-likeness (QED) is 0.865. The summed E-state index contributed by atoms with van der Waals surface area (Å²) >= 11 is 0. The van der Waals surface area contributed by atoms with Gasteiger partial charge in [0.25, 0.3) is 0 Å². The van der Waals surface area contributed by atoms with Crippen molar-refractivity contribution in [2.24, 2.45) is 0 Å². The van der Waals surface area contributed by atoms with E-state index in [-0.39, 0.29) is 18.1 Å². The SMILES string of the molecule is CC(C)(NCc1ccc(OC(F)F)cc1)c1ccc2c(c1)OCO2. The van der Waals surface area contributed by atoms with Crippen LogP contribution in [-0.2, 0) is 12.1 Å². The van der Waals surface area contributed by atoms with Crippen molar-refractivity contribution in [3.05, 3.63) is 53.6 Å². The van der Waals surface area contributed by atoms with Gasteiger partial charge in [-0.2, -0.15) is 8.78 Å². The highest BCUT2D eigenvalue weighted by molar-refractivity contribution is 5.46. The van der Waals surface area contributed by atoms with E-state index in [1.165, 1.54) is 12.1 Å². The van der Waals surface area contributed by atoms with Crippen LogP contribution < -0.4 is 19.5 Å². The third-order valence-corrected chi connectivity index (χ3v) is 3.98. The van der Waals surface area contributed by atoms with Gasteiger partial charge in [0.1, 0.15) is 5.75 Å². The molecular weight excluding hydrogens is 316 g/mol. The minimum Gasteiger partial charge on any atom is -0.454 e. The lowest BCUT2D eigenvalue weighted by Gasteiger charge is -2.27. The summed E-state index contributed by atoms with van der Waals surface area (Å²) in [6.45, 7) is 2.17. The minimum absolute atomic E-state index is 0.156. The van der Waals surface area contributed by atoms with Gasteiger partial charge in [-0.1, -0.05) is 18.2 Å². The molecule has 3 rings (SSSR count). The fourth-order valence-electron chi connectivity index (χ4n) is 2.50. The molecule has 1 N–H and O–H groups in total. The van der Waals surface area contributed by atoms with E-state index in [2.05, 4.69) is 23.9 Å². The van der Waals surface area contributed by atoms with Crippen LogP contribution in [0, 0.1) is 0 Å². The zero-order valence-electron chi connectivity index (χ0n) is 13.5. The Labute approximate surface area is 139 Å². The smallest absolute Gasteiger partial charge is 0.387 e. The summed E-state index contributed by atoms with van der Waals surface area (Å²) in [5.74, 6) is 1.66. The molecule has 4 nitrogen and oxygen atoms in total. The van der Waals surface area contributed by atoms with Crippen LogP contribution >= 0.6 is 0 Å². The predicted molar refractivity (Wildman–Crippen MR) is 85.5 cm³/mol. The fourth-order valence-corrected chi connectivity index (χ4v) is 2.50. The Bertz CT molecular complexity index is 702. The maximum Gasteiger partial charge on any atom is 0.387 e. The van der Waals surface area contributed by atoms with Crippen molar-refractivity contribution in [1.82, 2.24) is 5.32 Å². The maximum absolute atomic E-state index is 12.2. The summed E-state index contributed by atoms with van der Waals surface area (Å²) in [6.07, 6.45) is 0. The Hall–Kier alpha value is -2.34. The van der Waals surface area contributed by atoms with E-state index in [0.717, 1.165) is 22.6 Å². The molecule has 128 valence electrons. The van der Waals surface area contributed by atoms with Crippen molar-refractivity contribution < 1.29 is 23.0 Å². The Morgan fingerprint density at radius 1 is 1.08 bits per heavy atom. The van der Waals surface area contributed by atoms with Crippen molar-refractivity contribution in [3.63, 3.8) is 0 Å². The van der Waals surface area contributed by atoms with E-state index >= 15 is 0 Å². The monoisotopic (exact) mass is 335 g/mol. The van der Waals surface area contributed by atoms with Crippen LogP contribution in [0.1, 0.15) is 25.0 Å². The second-order valence-corrected chi connectivity index (χ2v) is 6.07. The van der Waals surface area contributed by atoms with Crippen LogP contribution in [-0.4, -0.2) is 13.4 Å². The average molecular weight is 335 g/mol. The zero-order valence-corrected chi connectivity index (χ0v) is 13.5. The molecule has 0 saturated carbocycles. The Morgan fingerprint density at radius 2 is 1.79 bits per heavy atom. The number of alkyl halides is 2. The number of fused-ring (bicyclic) bond motifs is 1. The number of benzene rings is 2. The predicted octanol–water partition coefficient (Wildman–Crippen LogP) is 4.04. The van der Waals surface area contributed by atoms with Gasteiger partial charge in [-0.05, 0) is 49.2 Å². The number of nitrogens with one attached hydrogen (secondary N) is 1. The number of ether oxygens (including phenoxy) is 3. The van der Waals surface area contributed by atoms with Crippen molar-refractivity contribution in [1.29, 1.82) is 0 Å². The molecule has 0 unspecified atom stereocenters. The first kappa shape index (κ1) is 16.5. The average Bonchev–Trinajstić information content (AvgIpc) is 3.01.